The Labute approximate surface area is 137 Å². The average Bonchev–Trinajstić information content (AvgIpc) is 2.40. The lowest BCUT2D eigenvalue weighted by atomic mass is 9.91. The van der Waals surface area contributed by atoms with Gasteiger partial charge in [-0.1, -0.05) is 6.07 Å². The van der Waals surface area contributed by atoms with E-state index in [4.69, 9.17) is 5.11 Å². The van der Waals surface area contributed by atoms with Crippen LogP contribution in [0.1, 0.15) is 43.0 Å². The zero-order valence-electron chi connectivity index (χ0n) is 12.0. The van der Waals surface area contributed by atoms with Crippen molar-refractivity contribution in [3.63, 3.8) is 0 Å². The lowest BCUT2D eigenvalue weighted by Crippen LogP contribution is -2.10. The Balaban J connectivity index is 2.59. The van der Waals surface area contributed by atoms with Crippen molar-refractivity contribution in [3.8, 4) is 0 Å². The molecule has 0 unspecified atom stereocenters. The lowest BCUT2D eigenvalue weighted by molar-refractivity contribution is 0.0696. The second-order valence-electron chi connectivity index (χ2n) is 5.08. The first-order chi connectivity index (χ1) is 9.81. The molecule has 3 nitrogen and oxygen atoms in total. The van der Waals surface area contributed by atoms with Crippen LogP contribution in [0, 0.1) is 24.3 Å². The molecule has 0 amide bonds. The van der Waals surface area contributed by atoms with Crippen molar-refractivity contribution in [3.05, 3.63) is 67.3 Å². The van der Waals surface area contributed by atoms with Gasteiger partial charge in [0.25, 0.3) is 0 Å². The SMILES string of the molecule is Cc1ccc(I)cc1C(=O)c1c(C)cc(C(=O)O)cc1C. The van der Waals surface area contributed by atoms with Crippen LogP contribution in [-0.2, 0) is 0 Å². The van der Waals surface area contributed by atoms with Gasteiger partial charge < -0.3 is 5.11 Å². The van der Waals surface area contributed by atoms with E-state index < -0.39 is 5.97 Å². The normalized spacial score (nSPS) is 10.5. The monoisotopic (exact) mass is 394 g/mol. The lowest BCUT2D eigenvalue weighted by Gasteiger charge is -2.12. The maximum Gasteiger partial charge on any atom is 0.335 e. The Bertz CT molecular complexity index is 725. The number of carboxylic acid groups (broad SMARTS) is 1. The van der Waals surface area contributed by atoms with E-state index in [1.54, 1.807) is 26.0 Å². The first-order valence-electron chi connectivity index (χ1n) is 6.46. The van der Waals surface area contributed by atoms with Crippen LogP contribution in [0.25, 0.3) is 0 Å². The Hall–Kier alpha value is -1.69. The summed E-state index contributed by atoms with van der Waals surface area (Å²) in [5.74, 6) is -1.04. The molecule has 2 aromatic rings. The third kappa shape index (κ3) is 3.15. The Morgan fingerprint density at radius 3 is 2.05 bits per heavy atom. The summed E-state index contributed by atoms with van der Waals surface area (Å²) in [6.07, 6.45) is 0. The number of halogens is 1. The molecule has 0 bridgehead atoms. The molecule has 0 aliphatic carbocycles. The van der Waals surface area contributed by atoms with Gasteiger partial charge in [-0.15, -0.1) is 0 Å². The minimum atomic E-state index is -0.981. The van der Waals surface area contributed by atoms with Crippen molar-refractivity contribution in [1.82, 2.24) is 0 Å². The van der Waals surface area contributed by atoms with Gasteiger partial charge >= 0.3 is 5.97 Å². The molecule has 4 heteroatoms. The van der Waals surface area contributed by atoms with Gasteiger partial charge in [-0.2, -0.15) is 0 Å². The number of carbonyl (C=O) groups excluding carboxylic acids is 1. The number of aromatic carboxylic acids is 1. The van der Waals surface area contributed by atoms with Gasteiger partial charge in [-0.05, 0) is 84.3 Å². The molecule has 0 saturated heterocycles. The minimum Gasteiger partial charge on any atom is -0.478 e. The van der Waals surface area contributed by atoms with Crippen LogP contribution < -0.4 is 0 Å². The molecule has 0 saturated carbocycles. The molecule has 2 rings (SSSR count). The highest BCUT2D eigenvalue weighted by atomic mass is 127. The smallest absolute Gasteiger partial charge is 0.335 e. The summed E-state index contributed by atoms with van der Waals surface area (Å²) in [6.45, 7) is 5.45. The number of hydrogen-bond acceptors (Lipinski definition) is 2. The molecule has 0 aliphatic rings. The maximum atomic E-state index is 12.8. The Kier molecular flexibility index (Phi) is 4.46. The third-order valence-corrected chi connectivity index (χ3v) is 4.12. The van der Waals surface area contributed by atoms with Crippen LogP contribution in [0.3, 0.4) is 0 Å². The summed E-state index contributed by atoms with van der Waals surface area (Å²) in [5, 5.41) is 9.07. The van der Waals surface area contributed by atoms with E-state index in [-0.39, 0.29) is 11.3 Å². The topological polar surface area (TPSA) is 54.4 Å². The van der Waals surface area contributed by atoms with Crippen molar-refractivity contribution >= 4 is 34.3 Å². The van der Waals surface area contributed by atoms with E-state index in [2.05, 4.69) is 22.6 Å². The van der Waals surface area contributed by atoms with Crippen LogP contribution in [0.4, 0.5) is 0 Å². The van der Waals surface area contributed by atoms with Crippen molar-refractivity contribution in [1.29, 1.82) is 0 Å². The fraction of sp³-hybridized carbons (Fsp3) is 0.176. The predicted molar refractivity (Wildman–Crippen MR) is 90.2 cm³/mol. The molecule has 2 aromatic carbocycles. The Morgan fingerprint density at radius 1 is 0.952 bits per heavy atom. The quantitative estimate of drug-likeness (QED) is 0.629. The maximum absolute atomic E-state index is 12.8. The van der Waals surface area contributed by atoms with Crippen molar-refractivity contribution in [2.24, 2.45) is 0 Å². The summed E-state index contributed by atoms with van der Waals surface area (Å²) < 4.78 is 0.999. The zero-order valence-corrected chi connectivity index (χ0v) is 14.2. The number of hydrogen-bond donors (Lipinski definition) is 1. The van der Waals surface area contributed by atoms with Gasteiger partial charge in [0.15, 0.2) is 5.78 Å². The molecule has 0 fully saturated rings. The number of carboxylic acids is 1. The largest absolute Gasteiger partial charge is 0.478 e. The molecule has 108 valence electrons. The molecular formula is C17H15IO3. The first-order valence-corrected chi connectivity index (χ1v) is 7.54. The Morgan fingerprint density at radius 2 is 1.52 bits per heavy atom. The first kappa shape index (κ1) is 15.7. The number of carbonyl (C=O) groups is 2. The van der Waals surface area contributed by atoms with Crippen LogP contribution >= 0.6 is 22.6 Å². The molecule has 0 heterocycles. The second kappa shape index (κ2) is 5.97. The zero-order chi connectivity index (χ0) is 15.7. The van der Waals surface area contributed by atoms with Gasteiger partial charge in [0, 0.05) is 14.7 Å². The minimum absolute atomic E-state index is 0.0574. The standard InChI is InChI=1S/C17H15IO3/c1-9-4-5-13(18)8-14(9)16(19)15-10(2)6-12(17(20)21)7-11(15)3/h4-8H,1-3H3,(H,20,21). The summed E-state index contributed by atoms with van der Waals surface area (Å²) in [4.78, 5) is 23.9. The van der Waals surface area contributed by atoms with Crippen molar-refractivity contribution in [2.75, 3.05) is 0 Å². The van der Waals surface area contributed by atoms with Gasteiger partial charge in [0.1, 0.15) is 0 Å². The summed E-state index contributed by atoms with van der Waals surface area (Å²) in [7, 11) is 0. The molecule has 0 aromatic heterocycles. The van der Waals surface area contributed by atoms with E-state index in [1.165, 1.54) is 0 Å². The van der Waals surface area contributed by atoms with E-state index in [9.17, 15) is 9.59 Å². The molecule has 0 radical (unpaired) electrons. The van der Waals surface area contributed by atoms with Crippen molar-refractivity contribution < 1.29 is 14.7 Å². The van der Waals surface area contributed by atoms with Gasteiger partial charge in [-0.3, -0.25) is 4.79 Å². The van der Waals surface area contributed by atoms with Crippen molar-refractivity contribution in [2.45, 2.75) is 20.8 Å². The van der Waals surface area contributed by atoms with Gasteiger partial charge in [-0.25, -0.2) is 4.79 Å². The van der Waals surface area contributed by atoms with E-state index in [0.717, 1.165) is 9.13 Å². The summed E-state index contributed by atoms with van der Waals surface area (Å²) in [6, 6.07) is 8.84. The van der Waals surface area contributed by atoms with Crippen LogP contribution in [0.15, 0.2) is 30.3 Å². The molecule has 0 spiro atoms. The number of aryl methyl sites for hydroxylation is 3. The van der Waals surface area contributed by atoms with E-state index in [1.807, 2.05) is 25.1 Å². The van der Waals surface area contributed by atoms with Crippen LogP contribution in [-0.4, -0.2) is 16.9 Å². The summed E-state index contributed by atoms with van der Waals surface area (Å²) >= 11 is 2.18. The van der Waals surface area contributed by atoms with E-state index in [0.29, 0.717) is 22.3 Å². The molecule has 21 heavy (non-hydrogen) atoms. The number of ketones is 1. The fourth-order valence-corrected chi connectivity index (χ4v) is 2.91. The second-order valence-corrected chi connectivity index (χ2v) is 6.32. The summed E-state index contributed by atoms with van der Waals surface area (Å²) in [5.41, 5.74) is 3.76. The number of benzene rings is 2. The van der Waals surface area contributed by atoms with Crippen LogP contribution in [0.2, 0.25) is 0 Å². The van der Waals surface area contributed by atoms with Gasteiger partial charge in [0.05, 0.1) is 5.56 Å². The fourth-order valence-electron chi connectivity index (χ4n) is 2.42. The highest BCUT2D eigenvalue weighted by molar-refractivity contribution is 14.1. The molecule has 1 N–H and O–H groups in total. The number of rotatable bonds is 3. The molecule has 0 atom stereocenters. The highest BCUT2D eigenvalue weighted by Crippen LogP contribution is 2.23. The average molecular weight is 394 g/mol. The molecule has 0 aliphatic heterocycles. The van der Waals surface area contributed by atoms with Crippen LogP contribution in [0.5, 0.6) is 0 Å². The highest BCUT2D eigenvalue weighted by Gasteiger charge is 2.18. The predicted octanol–water partition coefficient (Wildman–Crippen LogP) is 4.15. The third-order valence-electron chi connectivity index (χ3n) is 3.45. The van der Waals surface area contributed by atoms with E-state index >= 15 is 0 Å². The van der Waals surface area contributed by atoms with Gasteiger partial charge in [0.2, 0.25) is 0 Å². The molecular weight excluding hydrogens is 379 g/mol.